The van der Waals surface area contributed by atoms with Gasteiger partial charge in [-0.1, -0.05) is 18.2 Å². The molecular formula is C19H20N2O3. The third-order valence-corrected chi connectivity index (χ3v) is 4.50. The van der Waals surface area contributed by atoms with Gasteiger partial charge in [0.05, 0.1) is 44.2 Å². The van der Waals surface area contributed by atoms with Gasteiger partial charge in [0.15, 0.2) is 0 Å². The second-order valence-corrected chi connectivity index (χ2v) is 6.50. The number of fused-ring (bicyclic) bond motifs is 1. The standard InChI is InChI=1S/C19H20N2O3/c1-13-3-5-15(18(7-13)23-2)14-4-6-17-16(8-14)20-12-21(17)9-19(22)10-24-11-19/h3-8,12,22H,9-11H2,1-2H3. The maximum Gasteiger partial charge on any atom is 0.129 e. The monoisotopic (exact) mass is 324 g/mol. The van der Waals surface area contributed by atoms with E-state index in [1.54, 1.807) is 13.4 Å². The van der Waals surface area contributed by atoms with Crippen molar-refractivity contribution in [3.63, 3.8) is 0 Å². The number of hydrogen-bond donors (Lipinski definition) is 1. The predicted octanol–water partition coefficient (Wildman–Crippen LogP) is 2.78. The molecule has 0 aliphatic carbocycles. The van der Waals surface area contributed by atoms with E-state index in [2.05, 4.69) is 29.2 Å². The second-order valence-electron chi connectivity index (χ2n) is 6.50. The van der Waals surface area contributed by atoms with Gasteiger partial charge in [-0.25, -0.2) is 4.98 Å². The molecule has 1 aliphatic rings. The van der Waals surface area contributed by atoms with E-state index in [-0.39, 0.29) is 0 Å². The molecule has 1 aliphatic heterocycles. The maximum atomic E-state index is 10.3. The van der Waals surface area contributed by atoms with E-state index in [1.165, 1.54) is 0 Å². The number of aromatic nitrogens is 2. The average Bonchev–Trinajstić information content (AvgIpc) is 2.95. The average molecular weight is 324 g/mol. The van der Waals surface area contributed by atoms with Crippen molar-refractivity contribution in [2.75, 3.05) is 20.3 Å². The van der Waals surface area contributed by atoms with Crippen LogP contribution < -0.4 is 4.74 Å². The van der Waals surface area contributed by atoms with Gasteiger partial charge in [-0.05, 0) is 36.2 Å². The van der Waals surface area contributed by atoms with Gasteiger partial charge in [0, 0.05) is 5.56 Å². The molecule has 4 rings (SSSR count). The zero-order chi connectivity index (χ0) is 16.7. The smallest absolute Gasteiger partial charge is 0.129 e. The Morgan fingerprint density at radius 3 is 2.79 bits per heavy atom. The molecule has 2 heterocycles. The highest BCUT2D eigenvalue weighted by Crippen LogP contribution is 2.32. The van der Waals surface area contributed by atoms with Crippen LogP contribution in [0, 0.1) is 6.92 Å². The molecule has 0 unspecified atom stereocenters. The molecule has 124 valence electrons. The van der Waals surface area contributed by atoms with Crippen molar-refractivity contribution < 1.29 is 14.6 Å². The molecular weight excluding hydrogens is 304 g/mol. The Bertz CT molecular complexity index is 897. The molecule has 3 aromatic rings. The number of aryl methyl sites for hydroxylation is 1. The molecule has 1 fully saturated rings. The second kappa shape index (κ2) is 5.61. The normalized spacial score (nSPS) is 16.1. The van der Waals surface area contributed by atoms with Crippen molar-refractivity contribution in [3.05, 3.63) is 48.3 Å². The highest BCUT2D eigenvalue weighted by Gasteiger charge is 2.36. The minimum atomic E-state index is -0.771. The van der Waals surface area contributed by atoms with Crippen molar-refractivity contribution in [2.45, 2.75) is 19.1 Å². The van der Waals surface area contributed by atoms with Crippen LogP contribution in [-0.4, -0.2) is 40.6 Å². The van der Waals surface area contributed by atoms with Crippen LogP contribution in [0.5, 0.6) is 5.75 Å². The van der Waals surface area contributed by atoms with E-state index in [0.29, 0.717) is 19.8 Å². The molecule has 1 aromatic heterocycles. The maximum absolute atomic E-state index is 10.3. The van der Waals surface area contributed by atoms with Gasteiger partial charge in [-0.3, -0.25) is 0 Å². The largest absolute Gasteiger partial charge is 0.496 e. The SMILES string of the molecule is COc1cc(C)ccc1-c1ccc2c(c1)ncn2CC1(O)COC1. The molecule has 5 heteroatoms. The molecule has 0 saturated carbocycles. The van der Waals surface area contributed by atoms with Crippen molar-refractivity contribution in [2.24, 2.45) is 0 Å². The van der Waals surface area contributed by atoms with E-state index in [9.17, 15) is 5.11 Å². The van der Waals surface area contributed by atoms with Crippen molar-refractivity contribution in [3.8, 4) is 16.9 Å². The Morgan fingerprint density at radius 1 is 1.25 bits per heavy atom. The van der Waals surface area contributed by atoms with Gasteiger partial charge in [0.2, 0.25) is 0 Å². The highest BCUT2D eigenvalue weighted by atomic mass is 16.5. The quantitative estimate of drug-likeness (QED) is 0.802. The third-order valence-electron chi connectivity index (χ3n) is 4.50. The fourth-order valence-corrected chi connectivity index (χ4v) is 3.14. The summed E-state index contributed by atoms with van der Waals surface area (Å²) in [5, 5.41) is 10.3. The lowest BCUT2D eigenvalue weighted by Gasteiger charge is -2.36. The van der Waals surface area contributed by atoms with Gasteiger partial charge in [0.1, 0.15) is 11.4 Å². The Labute approximate surface area is 140 Å². The number of hydrogen-bond acceptors (Lipinski definition) is 4. The van der Waals surface area contributed by atoms with Crippen LogP contribution in [0.25, 0.3) is 22.2 Å². The van der Waals surface area contributed by atoms with E-state index >= 15 is 0 Å². The fourth-order valence-electron chi connectivity index (χ4n) is 3.14. The van der Waals surface area contributed by atoms with Crippen molar-refractivity contribution in [1.82, 2.24) is 9.55 Å². The first kappa shape index (κ1) is 15.2. The molecule has 0 atom stereocenters. The summed E-state index contributed by atoms with van der Waals surface area (Å²) in [6.07, 6.45) is 1.77. The molecule has 0 amide bonds. The first-order valence-corrected chi connectivity index (χ1v) is 7.98. The van der Waals surface area contributed by atoms with Gasteiger partial charge >= 0.3 is 0 Å². The fraction of sp³-hybridized carbons (Fsp3) is 0.316. The number of ether oxygens (including phenoxy) is 2. The lowest BCUT2D eigenvalue weighted by molar-refractivity contribution is -0.184. The van der Waals surface area contributed by atoms with Crippen LogP contribution in [0.2, 0.25) is 0 Å². The topological polar surface area (TPSA) is 56.5 Å². The minimum absolute atomic E-state index is 0.380. The number of imidazole rings is 1. The van der Waals surface area contributed by atoms with Gasteiger partial charge < -0.3 is 19.1 Å². The Balaban J connectivity index is 1.72. The van der Waals surface area contributed by atoms with E-state index in [0.717, 1.165) is 33.5 Å². The Morgan fingerprint density at radius 2 is 2.08 bits per heavy atom. The van der Waals surface area contributed by atoms with Crippen LogP contribution in [-0.2, 0) is 11.3 Å². The first-order chi connectivity index (χ1) is 11.6. The number of rotatable bonds is 4. The summed E-state index contributed by atoms with van der Waals surface area (Å²) in [6, 6.07) is 12.3. The zero-order valence-corrected chi connectivity index (χ0v) is 13.8. The van der Waals surface area contributed by atoms with E-state index in [1.807, 2.05) is 23.6 Å². The molecule has 0 bridgehead atoms. The summed E-state index contributed by atoms with van der Waals surface area (Å²) in [5.74, 6) is 0.856. The molecule has 1 N–H and O–H groups in total. The zero-order valence-electron chi connectivity index (χ0n) is 13.8. The number of methoxy groups -OCH3 is 1. The lowest BCUT2D eigenvalue weighted by Crippen LogP contribution is -2.52. The van der Waals surface area contributed by atoms with Crippen LogP contribution in [0.1, 0.15) is 5.56 Å². The van der Waals surface area contributed by atoms with Gasteiger partial charge in [0.25, 0.3) is 0 Å². The van der Waals surface area contributed by atoms with Crippen LogP contribution in [0.4, 0.5) is 0 Å². The lowest BCUT2D eigenvalue weighted by atomic mass is 10.0. The van der Waals surface area contributed by atoms with Crippen LogP contribution in [0.15, 0.2) is 42.7 Å². The summed E-state index contributed by atoms with van der Waals surface area (Å²) in [4.78, 5) is 4.49. The van der Waals surface area contributed by atoms with Crippen molar-refractivity contribution in [1.29, 1.82) is 0 Å². The molecule has 2 aromatic carbocycles. The molecule has 1 saturated heterocycles. The number of benzene rings is 2. The molecule has 5 nitrogen and oxygen atoms in total. The summed E-state index contributed by atoms with van der Waals surface area (Å²) in [7, 11) is 1.69. The summed E-state index contributed by atoms with van der Waals surface area (Å²) < 4.78 is 12.6. The van der Waals surface area contributed by atoms with Gasteiger partial charge in [-0.2, -0.15) is 0 Å². The highest BCUT2D eigenvalue weighted by molar-refractivity contribution is 5.83. The van der Waals surface area contributed by atoms with E-state index in [4.69, 9.17) is 9.47 Å². The van der Waals surface area contributed by atoms with Crippen molar-refractivity contribution >= 4 is 11.0 Å². The van der Waals surface area contributed by atoms with Crippen LogP contribution in [0.3, 0.4) is 0 Å². The predicted molar refractivity (Wildman–Crippen MR) is 92.2 cm³/mol. The molecule has 0 spiro atoms. The molecule has 24 heavy (non-hydrogen) atoms. The third kappa shape index (κ3) is 2.56. The Hall–Kier alpha value is -2.37. The minimum Gasteiger partial charge on any atom is -0.496 e. The number of nitrogens with zero attached hydrogens (tertiary/aromatic N) is 2. The number of aliphatic hydroxyl groups is 1. The van der Waals surface area contributed by atoms with E-state index < -0.39 is 5.60 Å². The summed E-state index contributed by atoms with van der Waals surface area (Å²) in [6.45, 7) is 3.30. The summed E-state index contributed by atoms with van der Waals surface area (Å²) >= 11 is 0. The first-order valence-electron chi connectivity index (χ1n) is 7.98. The summed E-state index contributed by atoms with van der Waals surface area (Å²) in [5.41, 5.74) is 4.41. The Kier molecular flexibility index (Phi) is 3.55. The molecule has 0 radical (unpaired) electrons. The van der Waals surface area contributed by atoms with Gasteiger partial charge in [-0.15, -0.1) is 0 Å². The van der Waals surface area contributed by atoms with Crippen LogP contribution >= 0.6 is 0 Å².